The number of hydrogen-bond donors (Lipinski definition) is 4. The Morgan fingerprint density at radius 3 is 1.96 bits per heavy atom. The van der Waals surface area contributed by atoms with E-state index in [1.807, 2.05) is 62.5 Å². The molecule has 7 heterocycles. The van der Waals surface area contributed by atoms with Crippen LogP contribution in [0.1, 0.15) is 67.5 Å². The summed E-state index contributed by atoms with van der Waals surface area (Å²) in [6.07, 6.45) is 1.51. The van der Waals surface area contributed by atoms with Crippen molar-refractivity contribution in [2.75, 3.05) is 54.8 Å². The molecule has 3 saturated heterocycles. The number of anilines is 5. The predicted molar refractivity (Wildman–Crippen MR) is 208 cm³/mol. The largest absolute Gasteiger partial charge is 0.416 e. The molecule has 3 aliphatic rings. The summed E-state index contributed by atoms with van der Waals surface area (Å²) in [6, 6.07) is 19.6. The zero-order valence-corrected chi connectivity index (χ0v) is 31.5. The summed E-state index contributed by atoms with van der Waals surface area (Å²) in [4.78, 5) is 27.9. The molecule has 2 atom stereocenters. The minimum atomic E-state index is -4.50. The van der Waals surface area contributed by atoms with Gasteiger partial charge in [0.25, 0.3) is 5.92 Å². The molecule has 0 radical (unpaired) electrons. The molecule has 0 bridgehead atoms. The second kappa shape index (κ2) is 18.1. The number of aryl methyl sites for hydroxylation is 1. The Kier molecular flexibility index (Phi) is 13.0. The lowest BCUT2D eigenvalue weighted by Crippen LogP contribution is -2.57. The highest BCUT2D eigenvalue weighted by Crippen LogP contribution is 2.34. The van der Waals surface area contributed by atoms with Gasteiger partial charge >= 0.3 is 6.18 Å². The lowest BCUT2D eigenvalue weighted by Gasteiger charge is -2.38. The molecule has 8 rings (SSSR count). The van der Waals surface area contributed by atoms with Gasteiger partial charge in [0.05, 0.1) is 30.0 Å². The number of pyridine rings is 2. The first-order valence-electron chi connectivity index (χ1n) is 18.8. The molecule has 2 unspecified atom stereocenters. The van der Waals surface area contributed by atoms with Crippen LogP contribution in [0.5, 0.6) is 0 Å². The van der Waals surface area contributed by atoms with Crippen molar-refractivity contribution >= 4 is 29.2 Å². The highest BCUT2D eigenvalue weighted by atomic mass is 19.4. The predicted octanol–water partition coefficient (Wildman–Crippen LogP) is 8.25. The first-order valence-corrected chi connectivity index (χ1v) is 18.8. The molecular formula is C40H46F5N11. The Morgan fingerprint density at radius 2 is 1.34 bits per heavy atom. The smallest absolute Gasteiger partial charge is 0.329 e. The Labute approximate surface area is 323 Å². The van der Waals surface area contributed by atoms with Gasteiger partial charge in [0.2, 0.25) is 5.95 Å². The second-order valence-corrected chi connectivity index (χ2v) is 13.7. The lowest BCUT2D eigenvalue weighted by atomic mass is 9.95. The average Bonchev–Trinajstić information content (AvgIpc) is 3.74. The molecule has 0 spiro atoms. The van der Waals surface area contributed by atoms with E-state index in [-0.39, 0.29) is 23.5 Å². The molecule has 5 aromatic rings. The monoisotopic (exact) mass is 775 g/mol. The van der Waals surface area contributed by atoms with E-state index in [0.717, 1.165) is 85.1 Å². The quantitative estimate of drug-likeness (QED) is 0.114. The number of halogens is 5. The number of nitrogens with one attached hydrogen (secondary N) is 4. The van der Waals surface area contributed by atoms with Crippen molar-refractivity contribution < 1.29 is 22.0 Å². The van der Waals surface area contributed by atoms with E-state index in [2.05, 4.69) is 54.2 Å². The third kappa shape index (κ3) is 10.7. The van der Waals surface area contributed by atoms with Gasteiger partial charge in [-0.1, -0.05) is 44.2 Å². The Morgan fingerprint density at radius 1 is 0.714 bits per heavy atom. The number of piperidine rings is 1. The van der Waals surface area contributed by atoms with Crippen molar-refractivity contribution in [1.82, 2.24) is 40.5 Å². The number of aromatic nitrogens is 6. The Hall–Kier alpha value is -5.35. The van der Waals surface area contributed by atoms with E-state index in [1.165, 1.54) is 11.3 Å². The SMILES string of the molecule is CC.Cc1ccnc(Nc2cc(C3CCCNC3)nc(-c3ccccc3)n2)c1.FC1(F)CN(c2nc(Nc3cc(C(F)(F)F)ccn3)cc(C3CCNC3)n2)C1. The van der Waals surface area contributed by atoms with E-state index in [1.54, 1.807) is 6.07 Å². The van der Waals surface area contributed by atoms with Gasteiger partial charge in [-0.2, -0.15) is 18.2 Å². The lowest BCUT2D eigenvalue weighted by molar-refractivity contribution is -0.137. The molecule has 3 aliphatic heterocycles. The third-order valence-corrected chi connectivity index (χ3v) is 9.35. The van der Waals surface area contributed by atoms with Crippen LogP contribution in [0.3, 0.4) is 0 Å². The molecule has 56 heavy (non-hydrogen) atoms. The molecule has 11 nitrogen and oxygen atoms in total. The summed E-state index contributed by atoms with van der Waals surface area (Å²) in [6.45, 7) is 8.64. The fraction of sp³-hybridized carbons (Fsp3) is 0.400. The first kappa shape index (κ1) is 40.3. The van der Waals surface area contributed by atoms with Crippen LogP contribution in [0.2, 0.25) is 0 Å². The molecule has 16 heteroatoms. The van der Waals surface area contributed by atoms with Crippen molar-refractivity contribution in [2.45, 2.75) is 64.0 Å². The molecule has 1 aromatic carbocycles. The topological polar surface area (TPSA) is 129 Å². The van der Waals surface area contributed by atoms with E-state index in [9.17, 15) is 22.0 Å². The second-order valence-electron chi connectivity index (χ2n) is 13.7. The van der Waals surface area contributed by atoms with Crippen LogP contribution in [-0.2, 0) is 6.18 Å². The summed E-state index contributed by atoms with van der Waals surface area (Å²) in [7, 11) is 0. The van der Waals surface area contributed by atoms with Gasteiger partial charge in [0.15, 0.2) is 5.82 Å². The highest BCUT2D eigenvalue weighted by Gasteiger charge is 2.45. The zero-order chi connectivity index (χ0) is 39.7. The summed E-state index contributed by atoms with van der Waals surface area (Å²) in [5.74, 6) is 0.364. The maximum absolute atomic E-state index is 13.2. The number of hydrogen-bond acceptors (Lipinski definition) is 11. The molecule has 4 aromatic heterocycles. The summed E-state index contributed by atoms with van der Waals surface area (Å²) in [5, 5.41) is 12.8. The summed E-state index contributed by atoms with van der Waals surface area (Å²) in [5.41, 5.74) is 3.08. The maximum atomic E-state index is 13.2. The molecule has 0 amide bonds. The van der Waals surface area contributed by atoms with Gasteiger partial charge < -0.3 is 26.2 Å². The van der Waals surface area contributed by atoms with Gasteiger partial charge in [-0.25, -0.2) is 33.7 Å². The van der Waals surface area contributed by atoms with Gasteiger partial charge in [0.1, 0.15) is 23.3 Å². The third-order valence-electron chi connectivity index (χ3n) is 9.35. The maximum Gasteiger partial charge on any atom is 0.416 e. The van der Waals surface area contributed by atoms with Gasteiger partial charge in [-0.15, -0.1) is 0 Å². The van der Waals surface area contributed by atoms with E-state index in [4.69, 9.17) is 9.97 Å². The summed E-state index contributed by atoms with van der Waals surface area (Å²) >= 11 is 0. The summed E-state index contributed by atoms with van der Waals surface area (Å²) < 4.78 is 65.2. The van der Waals surface area contributed by atoms with Crippen LogP contribution in [0.15, 0.2) is 79.1 Å². The number of nitrogens with zero attached hydrogens (tertiary/aromatic N) is 7. The molecule has 3 fully saturated rings. The average molecular weight is 776 g/mol. The van der Waals surface area contributed by atoms with E-state index >= 15 is 0 Å². The van der Waals surface area contributed by atoms with E-state index < -0.39 is 30.8 Å². The Bertz CT molecular complexity index is 2030. The van der Waals surface area contributed by atoms with Crippen LogP contribution in [0.4, 0.5) is 51.2 Å². The van der Waals surface area contributed by atoms with Gasteiger partial charge in [0, 0.05) is 55.0 Å². The minimum Gasteiger partial charge on any atom is -0.329 e. The molecule has 0 saturated carbocycles. The van der Waals surface area contributed by atoms with Gasteiger partial charge in [-0.3, -0.25) is 0 Å². The van der Waals surface area contributed by atoms with Crippen molar-refractivity contribution in [3.63, 3.8) is 0 Å². The van der Waals surface area contributed by atoms with Crippen molar-refractivity contribution in [3.8, 4) is 11.4 Å². The van der Waals surface area contributed by atoms with Crippen LogP contribution in [0.25, 0.3) is 11.4 Å². The number of rotatable bonds is 8. The number of benzene rings is 1. The molecule has 296 valence electrons. The molecule has 0 aliphatic carbocycles. The van der Waals surface area contributed by atoms with Crippen LogP contribution in [0, 0.1) is 6.92 Å². The normalized spacial score (nSPS) is 18.8. The fourth-order valence-corrected chi connectivity index (χ4v) is 6.53. The Balaban J connectivity index is 0.000000182. The molecular weight excluding hydrogens is 730 g/mol. The minimum absolute atomic E-state index is 0.0380. The van der Waals surface area contributed by atoms with Crippen LogP contribution < -0.4 is 26.2 Å². The molecule has 4 N–H and O–H groups in total. The first-order chi connectivity index (χ1) is 27.0. The van der Waals surface area contributed by atoms with Crippen LogP contribution in [-0.4, -0.2) is 75.1 Å². The van der Waals surface area contributed by atoms with Crippen molar-refractivity contribution in [3.05, 3.63) is 102 Å². The van der Waals surface area contributed by atoms with Crippen molar-refractivity contribution in [2.24, 2.45) is 0 Å². The zero-order valence-electron chi connectivity index (χ0n) is 31.5. The van der Waals surface area contributed by atoms with E-state index in [0.29, 0.717) is 18.2 Å². The van der Waals surface area contributed by atoms with Gasteiger partial charge in [-0.05, 0) is 69.1 Å². The number of alkyl halides is 5. The standard InChI is InChI=1S/C21H23N5.C17H17F5N6.C2H6/c1-15-9-11-23-19(12-15)25-20-13-18(17-8-5-10-22-14-17)24-21(26-20)16-6-3-2-4-7-16;18-16(19)8-28(9-16)15-25-12(10-1-3-23-7-10)6-14(27-15)26-13-5-11(2-4-24-13)17(20,21)22;1-2/h2-4,6-7,9,11-13,17,22H,5,8,10,14H2,1H3,(H,23,24,25,26);2,4-6,10,23H,1,3,7-9H2,(H,24,25,26,27);1-2H3. The van der Waals surface area contributed by atoms with Crippen molar-refractivity contribution in [1.29, 1.82) is 0 Å². The highest BCUT2D eigenvalue weighted by molar-refractivity contribution is 5.61. The van der Waals surface area contributed by atoms with Crippen LogP contribution >= 0.6 is 0 Å². The fourth-order valence-electron chi connectivity index (χ4n) is 6.53.